The first kappa shape index (κ1) is 10.3. The summed E-state index contributed by atoms with van der Waals surface area (Å²) in [5.74, 6) is 0.682. The summed E-state index contributed by atoms with van der Waals surface area (Å²) >= 11 is 2.14. The normalized spacial score (nSPS) is 9.31. The van der Waals surface area contributed by atoms with Crippen molar-refractivity contribution >= 4 is 22.6 Å². The molecule has 1 aromatic carbocycles. The van der Waals surface area contributed by atoms with Crippen molar-refractivity contribution in [2.75, 3.05) is 13.9 Å². The van der Waals surface area contributed by atoms with Gasteiger partial charge in [0.1, 0.15) is 5.75 Å². The highest BCUT2D eigenvalue weighted by molar-refractivity contribution is 14.1. The molecule has 0 heterocycles. The molecular formula is C9H8INO2. The molecule has 0 radical (unpaired) electrons. The van der Waals surface area contributed by atoms with Crippen LogP contribution in [0.15, 0.2) is 18.2 Å². The summed E-state index contributed by atoms with van der Waals surface area (Å²) in [6.07, 6.45) is 0. The van der Waals surface area contributed by atoms with Crippen LogP contribution >= 0.6 is 22.6 Å². The molecule has 0 fully saturated rings. The summed E-state index contributed by atoms with van der Waals surface area (Å²) in [4.78, 5) is 0. The Morgan fingerprint density at radius 2 is 2.31 bits per heavy atom. The molecule has 0 N–H and O–H groups in total. The molecule has 0 bridgehead atoms. The second-order valence-electron chi connectivity index (χ2n) is 2.31. The Kier molecular flexibility index (Phi) is 3.99. The molecule has 0 aliphatic heterocycles. The van der Waals surface area contributed by atoms with Crippen LogP contribution in [0.2, 0.25) is 0 Å². The van der Waals surface area contributed by atoms with Crippen molar-refractivity contribution in [3.05, 3.63) is 27.3 Å². The van der Waals surface area contributed by atoms with E-state index in [4.69, 9.17) is 14.7 Å². The van der Waals surface area contributed by atoms with Gasteiger partial charge in [-0.25, -0.2) is 0 Å². The first-order chi connectivity index (χ1) is 6.27. The number of nitrogens with zero attached hydrogens (tertiary/aromatic N) is 1. The zero-order chi connectivity index (χ0) is 9.68. The van der Waals surface area contributed by atoms with Crippen molar-refractivity contribution in [2.45, 2.75) is 0 Å². The van der Waals surface area contributed by atoms with E-state index in [-0.39, 0.29) is 6.79 Å². The standard InChI is InChI=1S/C9H8INO2/c1-12-6-13-9-4-7(5-11)2-3-8(9)10/h2-4H,6H2,1H3. The number of nitriles is 1. The molecule has 4 heteroatoms. The van der Waals surface area contributed by atoms with E-state index in [1.807, 2.05) is 12.1 Å². The Bertz CT molecular complexity index is 333. The first-order valence-electron chi connectivity index (χ1n) is 3.59. The van der Waals surface area contributed by atoms with Crippen LogP contribution in [0.1, 0.15) is 5.56 Å². The average molecular weight is 289 g/mol. The topological polar surface area (TPSA) is 42.2 Å². The van der Waals surface area contributed by atoms with E-state index in [0.29, 0.717) is 11.3 Å². The molecule has 0 spiro atoms. The van der Waals surface area contributed by atoms with E-state index in [2.05, 4.69) is 22.6 Å². The third-order valence-electron chi connectivity index (χ3n) is 1.39. The van der Waals surface area contributed by atoms with Crippen molar-refractivity contribution in [1.29, 1.82) is 5.26 Å². The van der Waals surface area contributed by atoms with Gasteiger partial charge in [-0.2, -0.15) is 5.26 Å². The minimum atomic E-state index is 0.199. The highest BCUT2D eigenvalue weighted by atomic mass is 127. The molecule has 0 unspecified atom stereocenters. The average Bonchev–Trinajstić information content (AvgIpc) is 2.17. The molecule has 1 rings (SSSR count). The summed E-state index contributed by atoms with van der Waals surface area (Å²) in [7, 11) is 1.56. The lowest BCUT2D eigenvalue weighted by atomic mass is 10.2. The summed E-state index contributed by atoms with van der Waals surface area (Å²) in [5, 5.41) is 8.64. The Hall–Kier alpha value is -0.800. The fraction of sp³-hybridized carbons (Fsp3) is 0.222. The zero-order valence-corrected chi connectivity index (χ0v) is 9.24. The summed E-state index contributed by atoms with van der Waals surface area (Å²) in [6, 6.07) is 7.33. The highest BCUT2D eigenvalue weighted by Gasteiger charge is 2.01. The van der Waals surface area contributed by atoms with Gasteiger partial charge in [-0.15, -0.1) is 0 Å². The molecule has 0 saturated heterocycles. The lowest BCUT2D eigenvalue weighted by molar-refractivity contribution is 0.0505. The molecule has 0 aliphatic rings. The second-order valence-corrected chi connectivity index (χ2v) is 3.47. The van der Waals surface area contributed by atoms with E-state index in [0.717, 1.165) is 3.57 Å². The van der Waals surface area contributed by atoms with Crippen LogP contribution in [0.4, 0.5) is 0 Å². The first-order valence-corrected chi connectivity index (χ1v) is 4.67. The minimum absolute atomic E-state index is 0.199. The van der Waals surface area contributed by atoms with E-state index in [1.54, 1.807) is 19.2 Å². The van der Waals surface area contributed by atoms with Crippen LogP contribution in [0.5, 0.6) is 5.75 Å². The number of hydrogen-bond acceptors (Lipinski definition) is 3. The maximum absolute atomic E-state index is 8.64. The molecule has 0 aliphatic carbocycles. The number of hydrogen-bond donors (Lipinski definition) is 0. The minimum Gasteiger partial charge on any atom is -0.466 e. The van der Waals surface area contributed by atoms with Crippen LogP contribution in [-0.4, -0.2) is 13.9 Å². The monoisotopic (exact) mass is 289 g/mol. The van der Waals surface area contributed by atoms with Gasteiger partial charge < -0.3 is 9.47 Å². The Balaban J connectivity index is 2.85. The Morgan fingerprint density at radius 3 is 2.92 bits per heavy atom. The molecule has 0 saturated carbocycles. The van der Waals surface area contributed by atoms with Crippen molar-refractivity contribution in [1.82, 2.24) is 0 Å². The van der Waals surface area contributed by atoms with Gasteiger partial charge in [0.05, 0.1) is 15.2 Å². The van der Waals surface area contributed by atoms with Gasteiger partial charge in [-0.1, -0.05) is 0 Å². The quantitative estimate of drug-likeness (QED) is 0.632. The number of benzene rings is 1. The zero-order valence-electron chi connectivity index (χ0n) is 7.08. The van der Waals surface area contributed by atoms with Gasteiger partial charge in [0.25, 0.3) is 0 Å². The summed E-state index contributed by atoms with van der Waals surface area (Å²) < 4.78 is 11.0. The molecule has 1 aromatic rings. The van der Waals surface area contributed by atoms with Crippen LogP contribution in [0, 0.1) is 14.9 Å². The van der Waals surface area contributed by atoms with Crippen molar-refractivity contribution in [3.63, 3.8) is 0 Å². The van der Waals surface area contributed by atoms with Gasteiger partial charge in [0.15, 0.2) is 6.79 Å². The Morgan fingerprint density at radius 1 is 1.54 bits per heavy atom. The lowest BCUT2D eigenvalue weighted by Crippen LogP contribution is -2.00. The molecule has 0 atom stereocenters. The van der Waals surface area contributed by atoms with Gasteiger partial charge >= 0.3 is 0 Å². The maximum Gasteiger partial charge on any atom is 0.188 e. The third-order valence-corrected chi connectivity index (χ3v) is 2.28. The van der Waals surface area contributed by atoms with Crippen LogP contribution in [0.25, 0.3) is 0 Å². The third kappa shape index (κ3) is 2.86. The van der Waals surface area contributed by atoms with Crippen LogP contribution < -0.4 is 4.74 Å². The van der Waals surface area contributed by atoms with Crippen molar-refractivity contribution < 1.29 is 9.47 Å². The van der Waals surface area contributed by atoms with E-state index in [9.17, 15) is 0 Å². The molecule has 0 aromatic heterocycles. The fourth-order valence-electron chi connectivity index (χ4n) is 0.806. The summed E-state index contributed by atoms with van der Waals surface area (Å²) in [5.41, 5.74) is 0.589. The van der Waals surface area contributed by atoms with E-state index in [1.165, 1.54) is 0 Å². The Labute approximate surface area is 90.4 Å². The lowest BCUT2D eigenvalue weighted by Gasteiger charge is -2.06. The summed E-state index contributed by atoms with van der Waals surface area (Å²) in [6.45, 7) is 0.199. The predicted octanol–water partition coefficient (Wildman–Crippen LogP) is 2.15. The molecule has 0 amide bonds. The number of methoxy groups -OCH3 is 1. The molecule has 13 heavy (non-hydrogen) atoms. The second kappa shape index (κ2) is 5.04. The molecule has 3 nitrogen and oxygen atoms in total. The van der Waals surface area contributed by atoms with Gasteiger partial charge in [-0.3, -0.25) is 0 Å². The van der Waals surface area contributed by atoms with Gasteiger partial charge in [0, 0.05) is 7.11 Å². The predicted molar refractivity (Wildman–Crippen MR) is 56.4 cm³/mol. The SMILES string of the molecule is COCOc1cc(C#N)ccc1I. The van der Waals surface area contributed by atoms with E-state index >= 15 is 0 Å². The molecular weight excluding hydrogens is 281 g/mol. The molecule has 68 valence electrons. The number of halogens is 1. The largest absolute Gasteiger partial charge is 0.466 e. The van der Waals surface area contributed by atoms with Crippen LogP contribution in [-0.2, 0) is 4.74 Å². The van der Waals surface area contributed by atoms with Crippen LogP contribution in [0.3, 0.4) is 0 Å². The smallest absolute Gasteiger partial charge is 0.188 e. The van der Waals surface area contributed by atoms with E-state index < -0.39 is 0 Å². The van der Waals surface area contributed by atoms with Gasteiger partial charge in [0.2, 0.25) is 0 Å². The van der Waals surface area contributed by atoms with Crippen molar-refractivity contribution in [3.8, 4) is 11.8 Å². The fourth-order valence-corrected chi connectivity index (χ4v) is 1.30. The van der Waals surface area contributed by atoms with Gasteiger partial charge in [-0.05, 0) is 40.8 Å². The van der Waals surface area contributed by atoms with Crippen molar-refractivity contribution in [2.24, 2.45) is 0 Å². The number of ether oxygens (including phenoxy) is 2. The maximum atomic E-state index is 8.64. The highest BCUT2D eigenvalue weighted by Crippen LogP contribution is 2.21. The number of rotatable bonds is 3.